The Labute approximate surface area is 100 Å². The summed E-state index contributed by atoms with van der Waals surface area (Å²) in [6, 6.07) is 5.96. The molecule has 0 bridgehead atoms. The van der Waals surface area contributed by atoms with E-state index >= 15 is 0 Å². The van der Waals surface area contributed by atoms with Crippen LogP contribution < -0.4 is 5.32 Å². The Morgan fingerprint density at radius 3 is 2.88 bits per heavy atom. The van der Waals surface area contributed by atoms with Gasteiger partial charge in [0.05, 0.1) is 6.33 Å². The molecule has 0 aliphatic carbocycles. The molecule has 17 heavy (non-hydrogen) atoms. The van der Waals surface area contributed by atoms with Gasteiger partial charge in [0, 0.05) is 18.1 Å². The van der Waals surface area contributed by atoms with Gasteiger partial charge in [-0.05, 0) is 25.5 Å². The van der Waals surface area contributed by atoms with E-state index in [1.807, 2.05) is 32.0 Å². The molecule has 0 unspecified atom stereocenters. The number of hydrogen-bond acceptors (Lipinski definition) is 2. The molecule has 88 valence electrons. The largest absolute Gasteiger partial charge is 0.328 e. The van der Waals surface area contributed by atoms with Gasteiger partial charge in [0.25, 0.3) is 0 Å². The van der Waals surface area contributed by atoms with Crippen LogP contribution in [0.3, 0.4) is 0 Å². The van der Waals surface area contributed by atoms with Gasteiger partial charge in [-0.2, -0.15) is 0 Å². The molecule has 0 atom stereocenters. The first kappa shape index (κ1) is 11.4. The van der Waals surface area contributed by atoms with Gasteiger partial charge in [-0.3, -0.25) is 4.79 Å². The van der Waals surface area contributed by atoms with Crippen molar-refractivity contribution in [2.24, 2.45) is 0 Å². The van der Waals surface area contributed by atoms with Crippen LogP contribution in [0.25, 0.3) is 0 Å². The molecule has 1 amide bonds. The minimum Gasteiger partial charge on any atom is -0.328 e. The van der Waals surface area contributed by atoms with E-state index in [-0.39, 0.29) is 12.5 Å². The minimum absolute atomic E-state index is 0.0463. The number of anilines is 1. The van der Waals surface area contributed by atoms with Crippen LogP contribution in [0.15, 0.2) is 36.9 Å². The molecule has 2 aromatic rings. The molecule has 1 aromatic carbocycles. The first-order chi connectivity index (χ1) is 8.15. The lowest BCUT2D eigenvalue weighted by molar-refractivity contribution is -0.116. The highest BCUT2D eigenvalue weighted by Crippen LogP contribution is 2.15. The number of amides is 1. The van der Waals surface area contributed by atoms with E-state index in [0.29, 0.717) is 0 Å². The van der Waals surface area contributed by atoms with Crippen LogP contribution in [0.5, 0.6) is 0 Å². The van der Waals surface area contributed by atoms with Crippen molar-refractivity contribution >= 4 is 11.6 Å². The number of carbonyl (C=O) groups excluding carboxylic acids is 1. The molecule has 0 fully saturated rings. The molecular formula is C13H15N3O. The van der Waals surface area contributed by atoms with Gasteiger partial charge in [0.2, 0.25) is 5.91 Å². The number of imidazole rings is 1. The van der Waals surface area contributed by atoms with Crippen molar-refractivity contribution in [1.29, 1.82) is 0 Å². The fourth-order valence-corrected chi connectivity index (χ4v) is 1.69. The van der Waals surface area contributed by atoms with Gasteiger partial charge in [-0.25, -0.2) is 4.98 Å². The summed E-state index contributed by atoms with van der Waals surface area (Å²) in [5.41, 5.74) is 3.12. The van der Waals surface area contributed by atoms with Gasteiger partial charge in [0.15, 0.2) is 0 Å². The van der Waals surface area contributed by atoms with E-state index in [0.717, 1.165) is 11.3 Å². The van der Waals surface area contributed by atoms with Crippen LogP contribution in [0.1, 0.15) is 11.1 Å². The monoisotopic (exact) mass is 229 g/mol. The average molecular weight is 229 g/mol. The van der Waals surface area contributed by atoms with Crippen molar-refractivity contribution in [3.05, 3.63) is 48.0 Å². The van der Waals surface area contributed by atoms with E-state index < -0.39 is 0 Å². The summed E-state index contributed by atoms with van der Waals surface area (Å²) in [6.45, 7) is 4.30. The summed E-state index contributed by atoms with van der Waals surface area (Å²) in [5.74, 6) is -0.0463. The maximum absolute atomic E-state index is 11.8. The molecule has 1 heterocycles. The number of carbonyl (C=O) groups is 1. The molecule has 0 saturated carbocycles. The summed E-state index contributed by atoms with van der Waals surface area (Å²) in [6.07, 6.45) is 5.05. The summed E-state index contributed by atoms with van der Waals surface area (Å²) in [7, 11) is 0. The normalized spacial score (nSPS) is 10.2. The first-order valence-electron chi connectivity index (χ1n) is 5.48. The third-order valence-electron chi connectivity index (χ3n) is 2.54. The lowest BCUT2D eigenvalue weighted by atomic mass is 10.1. The number of hydrogen-bond donors (Lipinski definition) is 1. The Kier molecular flexibility index (Phi) is 3.23. The Hall–Kier alpha value is -2.10. The zero-order chi connectivity index (χ0) is 12.3. The second-order valence-corrected chi connectivity index (χ2v) is 4.10. The molecule has 1 N–H and O–H groups in total. The summed E-state index contributed by atoms with van der Waals surface area (Å²) >= 11 is 0. The van der Waals surface area contributed by atoms with Crippen molar-refractivity contribution in [2.45, 2.75) is 20.4 Å². The molecule has 1 aromatic heterocycles. The minimum atomic E-state index is -0.0463. The quantitative estimate of drug-likeness (QED) is 0.876. The maximum Gasteiger partial charge on any atom is 0.244 e. The standard InChI is InChI=1S/C13H15N3O/c1-10-3-4-12(11(2)7-10)15-13(17)8-16-6-5-14-9-16/h3-7,9H,8H2,1-2H3,(H,15,17). The van der Waals surface area contributed by atoms with Crippen molar-refractivity contribution < 1.29 is 4.79 Å². The Morgan fingerprint density at radius 2 is 2.24 bits per heavy atom. The van der Waals surface area contributed by atoms with E-state index in [1.54, 1.807) is 23.3 Å². The zero-order valence-corrected chi connectivity index (χ0v) is 9.97. The van der Waals surface area contributed by atoms with Crippen LogP contribution in [0, 0.1) is 13.8 Å². The van der Waals surface area contributed by atoms with E-state index in [1.165, 1.54) is 5.56 Å². The second kappa shape index (κ2) is 4.82. The predicted molar refractivity (Wildman–Crippen MR) is 66.8 cm³/mol. The number of benzene rings is 1. The van der Waals surface area contributed by atoms with Crippen LogP contribution in [-0.2, 0) is 11.3 Å². The molecule has 0 saturated heterocycles. The van der Waals surface area contributed by atoms with Gasteiger partial charge in [-0.1, -0.05) is 17.7 Å². The second-order valence-electron chi connectivity index (χ2n) is 4.10. The number of nitrogens with one attached hydrogen (secondary N) is 1. The summed E-state index contributed by atoms with van der Waals surface area (Å²) in [5, 5.41) is 2.89. The molecule has 4 nitrogen and oxygen atoms in total. The number of aromatic nitrogens is 2. The topological polar surface area (TPSA) is 46.9 Å². The van der Waals surface area contributed by atoms with Crippen molar-refractivity contribution in [3.8, 4) is 0 Å². The smallest absolute Gasteiger partial charge is 0.244 e. The first-order valence-corrected chi connectivity index (χ1v) is 5.48. The van der Waals surface area contributed by atoms with E-state index in [4.69, 9.17) is 0 Å². The van der Waals surface area contributed by atoms with Crippen molar-refractivity contribution in [1.82, 2.24) is 9.55 Å². The van der Waals surface area contributed by atoms with E-state index in [2.05, 4.69) is 10.3 Å². The van der Waals surface area contributed by atoms with Crippen LogP contribution in [0.4, 0.5) is 5.69 Å². The third-order valence-corrected chi connectivity index (χ3v) is 2.54. The number of rotatable bonds is 3. The number of nitrogens with zero attached hydrogens (tertiary/aromatic N) is 2. The molecule has 2 rings (SSSR count). The van der Waals surface area contributed by atoms with Gasteiger partial charge in [0.1, 0.15) is 6.54 Å². The molecule has 0 spiro atoms. The highest BCUT2D eigenvalue weighted by molar-refractivity contribution is 5.91. The molecule has 0 aliphatic heterocycles. The lowest BCUT2D eigenvalue weighted by Crippen LogP contribution is -2.18. The van der Waals surface area contributed by atoms with Crippen LogP contribution >= 0.6 is 0 Å². The van der Waals surface area contributed by atoms with Gasteiger partial charge >= 0.3 is 0 Å². The van der Waals surface area contributed by atoms with Gasteiger partial charge < -0.3 is 9.88 Å². The highest BCUT2D eigenvalue weighted by Gasteiger charge is 2.05. The lowest BCUT2D eigenvalue weighted by Gasteiger charge is -2.09. The molecule has 0 aliphatic rings. The summed E-state index contributed by atoms with van der Waals surface area (Å²) < 4.78 is 1.73. The fourth-order valence-electron chi connectivity index (χ4n) is 1.69. The SMILES string of the molecule is Cc1ccc(NC(=O)Cn2ccnc2)c(C)c1. The van der Waals surface area contributed by atoms with E-state index in [9.17, 15) is 4.79 Å². The molecule has 0 radical (unpaired) electrons. The van der Waals surface area contributed by atoms with Crippen LogP contribution in [-0.4, -0.2) is 15.5 Å². The maximum atomic E-state index is 11.8. The van der Waals surface area contributed by atoms with Crippen molar-refractivity contribution in [2.75, 3.05) is 5.32 Å². The Morgan fingerprint density at radius 1 is 1.41 bits per heavy atom. The predicted octanol–water partition coefficient (Wildman–Crippen LogP) is 2.14. The van der Waals surface area contributed by atoms with Crippen LogP contribution in [0.2, 0.25) is 0 Å². The average Bonchev–Trinajstić information content (AvgIpc) is 2.75. The Balaban J connectivity index is 2.03. The van der Waals surface area contributed by atoms with Gasteiger partial charge in [-0.15, -0.1) is 0 Å². The third kappa shape index (κ3) is 2.93. The highest BCUT2D eigenvalue weighted by atomic mass is 16.1. The zero-order valence-electron chi connectivity index (χ0n) is 9.97. The summed E-state index contributed by atoms with van der Waals surface area (Å²) in [4.78, 5) is 15.7. The van der Waals surface area contributed by atoms with Crippen molar-refractivity contribution in [3.63, 3.8) is 0 Å². The Bertz CT molecular complexity index is 517. The molecule has 4 heteroatoms. The molecular weight excluding hydrogens is 214 g/mol. The number of aryl methyl sites for hydroxylation is 2. The fraction of sp³-hybridized carbons (Fsp3) is 0.231.